The van der Waals surface area contributed by atoms with E-state index in [1.165, 1.54) is 23.8 Å². The lowest BCUT2D eigenvalue weighted by atomic mass is 9.96. The summed E-state index contributed by atoms with van der Waals surface area (Å²) in [5.41, 5.74) is 3.17. The summed E-state index contributed by atoms with van der Waals surface area (Å²) in [5.74, 6) is -0.272. The van der Waals surface area contributed by atoms with Gasteiger partial charge in [-0.2, -0.15) is 0 Å². The highest BCUT2D eigenvalue weighted by atomic mass is 32.1. The summed E-state index contributed by atoms with van der Waals surface area (Å²) in [6.45, 7) is 2.03. The molecule has 0 N–H and O–H groups in total. The van der Waals surface area contributed by atoms with E-state index in [1.807, 2.05) is 30.5 Å². The molecule has 0 fully saturated rings. The third-order valence-corrected chi connectivity index (χ3v) is 4.48. The number of hydrogen-bond acceptors (Lipinski definition) is 3. The van der Waals surface area contributed by atoms with Gasteiger partial charge in [-0.05, 0) is 34.2 Å². The van der Waals surface area contributed by atoms with Gasteiger partial charge >= 0.3 is 5.97 Å². The fourth-order valence-electron chi connectivity index (χ4n) is 2.47. The van der Waals surface area contributed by atoms with Crippen molar-refractivity contribution in [1.82, 2.24) is 0 Å². The van der Waals surface area contributed by atoms with Crippen molar-refractivity contribution in [2.24, 2.45) is 0 Å². The van der Waals surface area contributed by atoms with Crippen LogP contribution in [0.3, 0.4) is 0 Å². The number of thiophene rings is 1. The van der Waals surface area contributed by atoms with E-state index in [0.717, 1.165) is 22.1 Å². The predicted octanol–water partition coefficient (Wildman–Crippen LogP) is 4.66. The first-order valence-corrected chi connectivity index (χ1v) is 7.25. The molecule has 0 radical (unpaired) electrons. The van der Waals surface area contributed by atoms with E-state index in [1.54, 1.807) is 0 Å². The Bertz CT molecular complexity index is 781. The first kappa shape index (κ1) is 12.9. The van der Waals surface area contributed by atoms with Crippen LogP contribution in [0.5, 0.6) is 0 Å². The molecule has 3 aromatic rings. The van der Waals surface area contributed by atoms with Crippen LogP contribution in [0.2, 0.25) is 0 Å². The molecule has 0 bridgehead atoms. The molecular formula is C17H14O2S. The molecule has 0 aliphatic heterocycles. The number of rotatable bonds is 2. The number of fused-ring (bicyclic) bond motifs is 1. The van der Waals surface area contributed by atoms with E-state index in [-0.39, 0.29) is 5.97 Å². The lowest BCUT2D eigenvalue weighted by Gasteiger charge is -2.08. The second kappa shape index (κ2) is 5.10. The zero-order valence-electron chi connectivity index (χ0n) is 11.3. The van der Waals surface area contributed by atoms with E-state index >= 15 is 0 Å². The molecule has 2 aromatic carbocycles. The molecule has 1 aromatic heterocycles. The predicted molar refractivity (Wildman–Crippen MR) is 83.3 cm³/mol. The van der Waals surface area contributed by atoms with Crippen LogP contribution in [-0.2, 0) is 4.74 Å². The Kier molecular flexibility index (Phi) is 3.28. The third kappa shape index (κ3) is 2.00. The summed E-state index contributed by atoms with van der Waals surface area (Å²) < 4.78 is 4.90. The summed E-state index contributed by atoms with van der Waals surface area (Å²) in [4.78, 5) is 12.6. The summed E-state index contributed by atoms with van der Waals surface area (Å²) in [7, 11) is 1.42. The minimum Gasteiger partial charge on any atom is -0.465 e. The van der Waals surface area contributed by atoms with Gasteiger partial charge in [-0.1, -0.05) is 42.5 Å². The molecule has 100 valence electrons. The van der Waals surface area contributed by atoms with Crippen molar-refractivity contribution in [2.45, 2.75) is 6.92 Å². The average molecular weight is 282 g/mol. The number of benzene rings is 2. The monoisotopic (exact) mass is 282 g/mol. The maximum absolute atomic E-state index is 11.9. The van der Waals surface area contributed by atoms with Crippen molar-refractivity contribution < 1.29 is 9.53 Å². The lowest BCUT2D eigenvalue weighted by molar-refractivity contribution is 0.0607. The fraction of sp³-hybridized carbons (Fsp3) is 0.118. The normalized spacial score (nSPS) is 10.7. The van der Waals surface area contributed by atoms with E-state index < -0.39 is 0 Å². The van der Waals surface area contributed by atoms with Gasteiger partial charge in [0, 0.05) is 5.56 Å². The van der Waals surface area contributed by atoms with Crippen LogP contribution < -0.4 is 0 Å². The van der Waals surface area contributed by atoms with Crippen LogP contribution in [-0.4, -0.2) is 13.1 Å². The van der Waals surface area contributed by atoms with Gasteiger partial charge in [0.25, 0.3) is 0 Å². The Morgan fingerprint density at radius 2 is 1.85 bits per heavy atom. The zero-order valence-corrected chi connectivity index (χ0v) is 12.2. The smallest absolute Gasteiger partial charge is 0.348 e. The minimum atomic E-state index is -0.272. The topological polar surface area (TPSA) is 26.3 Å². The minimum absolute atomic E-state index is 0.272. The van der Waals surface area contributed by atoms with Crippen LogP contribution in [0, 0.1) is 6.92 Å². The molecule has 0 saturated carbocycles. The van der Waals surface area contributed by atoms with Crippen molar-refractivity contribution in [3.63, 3.8) is 0 Å². The lowest BCUT2D eigenvalue weighted by Crippen LogP contribution is -2.00. The van der Waals surface area contributed by atoms with Crippen molar-refractivity contribution in [3.05, 3.63) is 58.3 Å². The summed E-state index contributed by atoms with van der Waals surface area (Å²) in [6, 6.07) is 14.4. The number of esters is 1. The molecular weight excluding hydrogens is 268 g/mol. The van der Waals surface area contributed by atoms with Crippen LogP contribution in [0.1, 0.15) is 15.2 Å². The zero-order chi connectivity index (χ0) is 14.1. The Balaban J connectivity index is 2.31. The Morgan fingerprint density at radius 3 is 2.65 bits per heavy atom. The van der Waals surface area contributed by atoms with Crippen LogP contribution >= 0.6 is 11.3 Å². The molecule has 20 heavy (non-hydrogen) atoms. The molecule has 0 aliphatic rings. The average Bonchev–Trinajstić information content (AvgIpc) is 2.87. The first-order valence-electron chi connectivity index (χ1n) is 6.37. The molecule has 1 heterocycles. The number of carbonyl (C=O) groups excluding carboxylic acids is 1. The molecule has 0 aliphatic carbocycles. The van der Waals surface area contributed by atoms with Crippen molar-refractivity contribution in [3.8, 4) is 11.1 Å². The van der Waals surface area contributed by atoms with E-state index in [0.29, 0.717) is 4.88 Å². The number of hydrogen-bond donors (Lipinski definition) is 0. The number of methoxy groups -OCH3 is 1. The molecule has 2 nitrogen and oxygen atoms in total. The molecule has 0 amide bonds. The van der Waals surface area contributed by atoms with Crippen LogP contribution in [0.25, 0.3) is 21.9 Å². The fourth-order valence-corrected chi connectivity index (χ4v) is 3.45. The molecule has 0 atom stereocenters. The molecule has 0 saturated heterocycles. The molecule has 3 heteroatoms. The SMILES string of the molecule is COC(=O)c1scc(C)c1-c1cccc2ccccc12. The van der Waals surface area contributed by atoms with Gasteiger partial charge in [-0.15, -0.1) is 11.3 Å². The number of carbonyl (C=O) groups is 1. The van der Waals surface area contributed by atoms with Gasteiger partial charge in [0.2, 0.25) is 0 Å². The third-order valence-electron chi connectivity index (χ3n) is 3.40. The van der Waals surface area contributed by atoms with Gasteiger partial charge in [-0.25, -0.2) is 4.79 Å². The quantitative estimate of drug-likeness (QED) is 0.639. The van der Waals surface area contributed by atoms with Crippen LogP contribution in [0.15, 0.2) is 47.8 Å². The maximum atomic E-state index is 11.9. The van der Waals surface area contributed by atoms with Crippen LogP contribution in [0.4, 0.5) is 0 Å². The first-order chi connectivity index (χ1) is 9.72. The second-order valence-electron chi connectivity index (χ2n) is 4.64. The maximum Gasteiger partial charge on any atom is 0.348 e. The van der Waals surface area contributed by atoms with Gasteiger partial charge in [0.05, 0.1) is 7.11 Å². The summed E-state index contributed by atoms with van der Waals surface area (Å²) in [5, 5.41) is 4.33. The summed E-state index contributed by atoms with van der Waals surface area (Å²) >= 11 is 1.44. The Labute approximate surface area is 121 Å². The van der Waals surface area contributed by atoms with E-state index in [4.69, 9.17) is 4.74 Å². The van der Waals surface area contributed by atoms with Gasteiger partial charge in [-0.3, -0.25) is 0 Å². The van der Waals surface area contributed by atoms with Gasteiger partial charge in [0.15, 0.2) is 0 Å². The second-order valence-corrected chi connectivity index (χ2v) is 5.52. The largest absolute Gasteiger partial charge is 0.465 e. The number of aryl methyl sites for hydroxylation is 1. The van der Waals surface area contributed by atoms with Crippen molar-refractivity contribution in [2.75, 3.05) is 7.11 Å². The van der Waals surface area contributed by atoms with E-state index in [9.17, 15) is 4.79 Å². The van der Waals surface area contributed by atoms with Crippen molar-refractivity contribution >= 4 is 28.1 Å². The van der Waals surface area contributed by atoms with Gasteiger partial charge < -0.3 is 4.74 Å². The van der Waals surface area contributed by atoms with Crippen molar-refractivity contribution in [1.29, 1.82) is 0 Å². The standard InChI is InChI=1S/C17H14O2S/c1-11-10-20-16(17(18)19-2)15(11)14-9-5-7-12-6-3-4-8-13(12)14/h3-10H,1-2H3. The molecule has 0 spiro atoms. The Hall–Kier alpha value is -2.13. The molecule has 3 rings (SSSR count). The van der Waals surface area contributed by atoms with Gasteiger partial charge in [0.1, 0.15) is 4.88 Å². The molecule has 0 unspecified atom stereocenters. The summed E-state index contributed by atoms with van der Waals surface area (Å²) in [6.07, 6.45) is 0. The highest BCUT2D eigenvalue weighted by Gasteiger charge is 2.19. The van der Waals surface area contributed by atoms with E-state index in [2.05, 4.69) is 24.3 Å². The highest BCUT2D eigenvalue weighted by molar-refractivity contribution is 7.12. The Morgan fingerprint density at radius 1 is 1.10 bits per heavy atom. The number of ether oxygens (including phenoxy) is 1. The highest BCUT2D eigenvalue weighted by Crippen LogP contribution is 2.37.